The zero-order valence-corrected chi connectivity index (χ0v) is 14.9. The van der Waals surface area contributed by atoms with E-state index in [4.69, 9.17) is 5.73 Å². The first-order valence-electron chi connectivity index (χ1n) is 8.23. The van der Waals surface area contributed by atoms with Crippen LogP contribution in [0.4, 0.5) is 10.1 Å². The third kappa shape index (κ3) is 5.28. The third-order valence-corrected chi connectivity index (χ3v) is 4.21. The van der Waals surface area contributed by atoms with E-state index in [1.54, 1.807) is 24.3 Å². The number of amides is 2. The Hall–Kier alpha value is -2.44. The largest absolute Gasteiger partial charge is 0.350 e. The van der Waals surface area contributed by atoms with Crippen LogP contribution in [-0.2, 0) is 0 Å². The summed E-state index contributed by atoms with van der Waals surface area (Å²) < 4.78 is 12.9. The van der Waals surface area contributed by atoms with Crippen LogP contribution in [0.15, 0.2) is 48.5 Å². The van der Waals surface area contributed by atoms with E-state index in [1.165, 1.54) is 24.3 Å². The highest BCUT2D eigenvalue weighted by molar-refractivity contribution is 6.05. The minimum atomic E-state index is -0.403. The Morgan fingerprint density at radius 2 is 1.77 bits per heavy atom. The van der Waals surface area contributed by atoms with Gasteiger partial charge in [-0.25, -0.2) is 4.39 Å². The summed E-state index contributed by atoms with van der Waals surface area (Å²) in [6.45, 7) is 0.440. The average molecular weight is 378 g/mol. The van der Waals surface area contributed by atoms with E-state index in [-0.39, 0.29) is 30.3 Å². The molecule has 2 aromatic carbocycles. The fourth-order valence-corrected chi connectivity index (χ4v) is 2.55. The van der Waals surface area contributed by atoms with Gasteiger partial charge in [0, 0.05) is 29.4 Å². The topological polar surface area (TPSA) is 84.2 Å². The molecule has 26 heavy (non-hydrogen) atoms. The maximum atomic E-state index is 12.9. The Kier molecular flexibility index (Phi) is 6.71. The summed E-state index contributed by atoms with van der Waals surface area (Å²) in [6.07, 6.45) is 2.25. The van der Waals surface area contributed by atoms with Crippen LogP contribution in [0.3, 0.4) is 0 Å². The minimum absolute atomic E-state index is 0. The molecule has 2 aromatic rings. The van der Waals surface area contributed by atoms with E-state index in [2.05, 4.69) is 10.6 Å². The molecule has 1 unspecified atom stereocenters. The third-order valence-electron chi connectivity index (χ3n) is 4.21. The van der Waals surface area contributed by atoms with Gasteiger partial charge in [0.15, 0.2) is 0 Å². The Morgan fingerprint density at radius 3 is 2.42 bits per heavy atom. The number of carbonyl (C=O) groups is 2. The average Bonchev–Trinajstić information content (AvgIpc) is 3.45. The van der Waals surface area contributed by atoms with Gasteiger partial charge in [-0.15, -0.1) is 12.4 Å². The lowest BCUT2D eigenvalue weighted by Gasteiger charge is -2.12. The normalized spacial score (nSPS) is 14.1. The second kappa shape index (κ2) is 8.78. The van der Waals surface area contributed by atoms with Gasteiger partial charge in [-0.05, 0) is 61.2 Å². The highest BCUT2D eigenvalue weighted by Gasteiger charge is 2.28. The first-order chi connectivity index (χ1) is 12.0. The van der Waals surface area contributed by atoms with Crippen LogP contribution in [0.5, 0.6) is 0 Å². The van der Waals surface area contributed by atoms with Crippen LogP contribution in [0.25, 0.3) is 0 Å². The first kappa shape index (κ1) is 19.9. The molecule has 3 rings (SSSR count). The Balaban J connectivity index is 0.00000243. The second-order valence-electron chi connectivity index (χ2n) is 6.25. The summed E-state index contributed by atoms with van der Waals surface area (Å²) in [4.78, 5) is 24.4. The number of anilines is 1. The fourth-order valence-electron chi connectivity index (χ4n) is 2.55. The molecule has 0 aromatic heterocycles. The predicted molar refractivity (Wildman–Crippen MR) is 101 cm³/mol. The monoisotopic (exact) mass is 377 g/mol. The van der Waals surface area contributed by atoms with Crippen LogP contribution in [0.2, 0.25) is 0 Å². The van der Waals surface area contributed by atoms with Crippen molar-refractivity contribution in [2.75, 3.05) is 11.9 Å². The van der Waals surface area contributed by atoms with Crippen molar-refractivity contribution in [3.05, 3.63) is 65.5 Å². The molecule has 1 aliphatic rings. The summed E-state index contributed by atoms with van der Waals surface area (Å²) in [6, 6.07) is 11.9. The highest BCUT2D eigenvalue weighted by atomic mass is 35.5. The van der Waals surface area contributed by atoms with Gasteiger partial charge in [-0.2, -0.15) is 0 Å². The van der Waals surface area contributed by atoms with Gasteiger partial charge in [-0.1, -0.05) is 6.07 Å². The van der Waals surface area contributed by atoms with Crippen molar-refractivity contribution < 1.29 is 14.0 Å². The molecule has 138 valence electrons. The van der Waals surface area contributed by atoms with Gasteiger partial charge in [0.2, 0.25) is 0 Å². The highest BCUT2D eigenvalue weighted by Crippen LogP contribution is 2.31. The van der Waals surface area contributed by atoms with Gasteiger partial charge in [0.1, 0.15) is 5.82 Å². The van der Waals surface area contributed by atoms with E-state index in [0.29, 0.717) is 29.3 Å². The van der Waals surface area contributed by atoms with Crippen molar-refractivity contribution in [1.82, 2.24) is 5.32 Å². The van der Waals surface area contributed by atoms with Crippen LogP contribution < -0.4 is 16.4 Å². The summed E-state index contributed by atoms with van der Waals surface area (Å²) in [5, 5.41) is 5.52. The molecule has 5 nitrogen and oxygen atoms in total. The number of carbonyl (C=O) groups excluding carboxylic acids is 2. The molecule has 0 radical (unpaired) electrons. The summed E-state index contributed by atoms with van der Waals surface area (Å²) in [5.74, 6) is -0.483. The van der Waals surface area contributed by atoms with Crippen molar-refractivity contribution in [1.29, 1.82) is 0 Å². The summed E-state index contributed by atoms with van der Waals surface area (Å²) in [5.41, 5.74) is 7.26. The quantitative estimate of drug-likeness (QED) is 0.723. The van der Waals surface area contributed by atoms with Crippen LogP contribution in [0.1, 0.15) is 33.6 Å². The molecule has 0 heterocycles. The van der Waals surface area contributed by atoms with Gasteiger partial charge < -0.3 is 16.4 Å². The number of nitrogens with two attached hydrogens (primary N) is 1. The minimum Gasteiger partial charge on any atom is -0.350 e. The number of nitrogens with one attached hydrogen (secondary N) is 2. The fraction of sp³-hybridized carbons (Fsp3) is 0.263. The number of benzene rings is 2. The predicted octanol–water partition coefficient (Wildman–Crippen LogP) is 2.97. The lowest BCUT2D eigenvalue weighted by molar-refractivity contribution is 0.0949. The lowest BCUT2D eigenvalue weighted by atomic mass is 10.1. The zero-order valence-electron chi connectivity index (χ0n) is 14.1. The van der Waals surface area contributed by atoms with Gasteiger partial charge >= 0.3 is 0 Å². The molecule has 0 spiro atoms. The SMILES string of the molecule is Cl.NC(CNC(=O)c1cccc(NC(=O)c2ccc(F)cc2)c1)C1CC1. The smallest absolute Gasteiger partial charge is 0.255 e. The van der Waals surface area contributed by atoms with E-state index < -0.39 is 5.82 Å². The van der Waals surface area contributed by atoms with E-state index in [0.717, 1.165) is 12.8 Å². The van der Waals surface area contributed by atoms with Crippen molar-refractivity contribution in [2.24, 2.45) is 11.7 Å². The maximum Gasteiger partial charge on any atom is 0.255 e. The molecule has 4 N–H and O–H groups in total. The van der Waals surface area contributed by atoms with Gasteiger partial charge in [0.05, 0.1) is 0 Å². The number of rotatable bonds is 6. The number of halogens is 2. The standard InChI is InChI=1S/C19H20FN3O2.ClH/c20-15-8-6-13(7-9-15)19(25)23-16-3-1-2-14(10-16)18(24)22-11-17(21)12-4-5-12;/h1-3,6-10,12,17H,4-5,11,21H2,(H,22,24)(H,23,25);1H. The molecule has 0 bridgehead atoms. The van der Waals surface area contributed by atoms with Crippen molar-refractivity contribution >= 4 is 29.9 Å². The van der Waals surface area contributed by atoms with Crippen LogP contribution >= 0.6 is 12.4 Å². The van der Waals surface area contributed by atoms with Crippen LogP contribution in [-0.4, -0.2) is 24.4 Å². The van der Waals surface area contributed by atoms with Crippen LogP contribution in [0, 0.1) is 11.7 Å². The summed E-state index contributed by atoms with van der Waals surface area (Å²) >= 11 is 0. The molecule has 0 saturated heterocycles. The molecule has 1 saturated carbocycles. The first-order valence-corrected chi connectivity index (χ1v) is 8.23. The summed E-state index contributed by atoms with van der Waals surface area (Å²) in [7, 11) is 0. The van der Waals surface area contributed by atoms with E-state index >= 15 is 0 Å². The molecule has 7 heteroatoms. The zero-order chi connectivity index (χ0) is 17.8. The molecule has 1 atom stereocenters. The Morgan fingerprint density at radius 1 is 1.08 bits per heavy atom. The van der Waals surface area contributed by atoms with Crippen molar-refractivity contribution in [3.8, 4) is 0 Å². The Labute approximate surface area is 157 Å². The molecule has 1 fully saturated rings. The molecule has 2 amide bonds. The number of hydrogen-bond acceptors (Lipinski definition) is 3. The second-order valence-corrected chi connectivity index (χ2v) is 6.25. The van der Waals surface area contributed by atoms with Gasteiger partial charge in [-0.3, -0.25) is 9.59 Å². The molecular weight excluding hydrogens is 357 g/mol. The van der Waals surface area contributed by atoms with Crippen molar-refractivity contribution in [2.45, 2.75) is 18.9 Å². The number of hydrogen-bond donors (Lipinski definition) is 3. The van der Waals surface area contributed by atoms with E-state index in [1.807, 2.05) is 0 Å². The van der Waals surface area contributed by atoms with Gasteiger partial charge in [0.25, 0.3) is 11.8 Å². The molecule has 0 aliphatic heterocycles. The lowest BCUT2D eigenvalue weighted by Crippen LogP contribution is -2.38. The molecule has 1 aliphatic carbocycles. The Bertz CT molecular complexity index is 779. The van der Waals surface area contributed by atoms with E-state index in [9.17, 15) is 14.0 Å². The molecular formula is C19H21ClFN3O2. The van der Waals surface area contributed by atoms with Crippen molar-refractivity contribution in [3.63, 3.8) is 0 Å². The maximum absolute atomic E-state index is 12.9.